The third-order valence-corrected chi connectivity index (χ3v) is 4.84. The van der Waals surface area contributed by atoms with Gasteiger partial charge in [-0.25, -0.2) is 4.39 Å². The number of halogens is 1. The van der Waals surface area contributed by atoms with Crippen molar-refractivity contribution >= 4 is 28.1 Å². The number of hydrogen-bond donors (Lipinski definition) is 1. The minimum atomic E-state index is -0.473. The lowest BCUT2D eigenvalue weighted by Gasteiger charge is -2.14. The van der Waals surface area contributed by atoms with E-state index in [9.17, 15) is 9.18 Å². The second-order valence-corrected chi connectivity index (χ2v) is 6.77. The van der Waals surface area contributed by atoms with Crippen molar-refractivity contribution in [3.8, 4) is 5.75 Å². The van der Waals surface area contributed by atoms with Crippen molar-refractivity contribution in [1.29, 1.82) is 0 Å². The zero-order valence-corrected chi connectivity index (χ0v) is 16.8. The topological polar surface area (TPSA) is 51.5 Å². The van der Waals surface area contributed by atoms with E-state index in [4.69, 9.17) is 9.15 Å². The third kappa shape index (κ3) is 3.65. The van der Waals surface area contributed by atoms with E-state index in [2.05, 4.69) is 5.32 Å². The Bertz CT molecular complexity index is 1080. The molecular weight excluding hydrogens is 357 g/mol. The van der Waals surface area contributed by atoms with E-state index >= 15 is 0 Å². The number of hydrogen-bond acceptors (Lipinski definition) is 3. The molecular formula is C23H24FNO3. The van der Waals surface area contributed by atoms with Crippen LogP contribution in [0.4, 0.5) is 10.1 Å². The maximum absolute atomic E-state index is 13.8. The summed E-state index contributed by atoms with van der Waals surface area (Å²) < 4.78 is 25.6. The molecule has 0 aliphatic heterocycles. The molecule has 1 N–H and O–H groups in total. The first kappa shape index (κ1) is 19.7. The summed E-state index contributed by atoms with van der Waals surface area (Å²) >= 11 is 0. The molecule has 0 radical (unpaired) electrons. The molecule has 0 saturated heterocycles. The summed E-state index contributed by atoms with van der Waals surface area (Å²) in [5.41, 5.74) is 4.44. The van der Waals surface area contributed by atoms with E-state index in [-0.39, 0.29) is 5.69 Å². The number of furan rings is 1. The van der Waals surface area contributed by atoms with E-state index in [1.807, 2.05) is 40.7 Å². The Hall–Kier alpha value is -3.08. The predicted octanol–water partition coefficient (Wildman–Crippen LogP) is 5.94. The van der Waals surface area contributed by atoms with Gasteiger partial charge in [0.2, 0.25) is 5.91 Å². The zero-order chi connectivity index (χ0) is 20.4. The Balaban J connectivity index is 2.04. The number of carbonyl (C=O) groups is 1. The fourth-order valence-corrected chi connectivity index (χ4v) is 3.24. The van der Waals surface area contributed by atoms with Gasteiger partial charge in [0.1, 0.15) is 22.9 Å². The number of amides is 1. The van der Waals surface area contributed by atoms with Crippen molar-refractivity contribution in [2.24, 2.45) is 0 Å². The van der Waals surface area contributed by atoms with Crippen LogP contribution in [0.2, 0.25) is 0 Å². The van der Waals surface area contributed by atoms with Crippen LogP contribution < -0.4 is 10.1 Å². The van der Waals surface area contributed by atoms with Crippen LogP contribution in [-0.4, -0.2) is 12.5 Å². The molecule has 0 aliphatic rings. The van der Waals surface area contributed by atoms with Crippen LogP contribution in [0.1, 0.15) is 36.3 Å². The maximum Gasteiger partial charge on any atom is 0.248 e. The summed E-state index contributed by atoms with van der Waals surface area (Å²) in [4.78, 5) is 12.4. The van der Waals surface area contributed by atoms with Gasteiger partial charge >= 0.3 is 0 Å². The first-order chi connectivity index (χ1) is 13.3. The molecule has 1 heterocycles. The minimum absolute atomic E-state index is 0.148. The van der Waals surface area contributed by atoms with Gasteiger partial charge in [0.05, 0.1) is 12.3 Å². The van der Waals surface area contributed by atoms with Crippen LogP contribution in [0, 0.1) is 26.6 Å². The smallest absolute Gasteiger partial charge is 0.248 e. The lowest BCUT2D eigenvalue weighted by atomic mass is 9.98. The van der Waals surface area contributed by atoms with E-state index in [1.165, 1.54) is 18.2 Å². The lowest BCUT2D eigenvalue weighted by molar-refractivity contribution is -0.111. The predicted molar refractivity (Wildman–Crippen MR) is 110 cm³/mol. The first-order valence-electron chi connectivity index (χ1n) is 9.23. The molecule has 3 rings (SSSR count). The van der Waals surface area contributed by atoms with Crippen molar-refractivity contribution in [3.05, 3.63) is 64.7 Å². The molecule has 0 spiro atoms. The average molecular weight is 381 g/mol. The van der Waals surface area contributed by atoms with Crippen molar-refractivity contribution in [2.75, 3.05) is 11.9 Å². The molecule has 4 nitrogen and oxygen atoms in total. The molecule has 28 heavy (non-hydrogen) atoms. The fraction of sp³-hybridized carbons (Fsp3) is 0.261. The second kappa shape index (κ2) is 7.89. The van der Waals surface area contributed by atoms with Crippen LogP contribution in [0.15, 0.2) is 40.8 Å². The summed E-state index contributed by atoms with van der Waals surface area (Å²) in [5.74, 6) is 0.675. The molecule has 1 amide bonds. The number of rotatable bonds is 5. The Labute approximate surface area is 164 Å². The molecule has 0 unspecified atom stereocenters. The number of ether oxygens (including phenoxy) is 1. The molecule has 146 valence electrons. The maximum atomic E-state index is 13.8. The molecule has 0 fully saturated rings. The fourth-order valence-electron chi connectivity index (χ4n) is 3.24. The highest BCUT2D eigenvalue weighted by atomic mass is 19.1. The Morgan fingerprint density at radius 3 is 2.61 bits per heavy atom. The summed E-state index contributed by atoms with van der Waals surface area (Å²) in [6.45, 7) is 10.1. The Kier molecular flexibility index (Phi) is 5.54. The Morgan fingerprint density at radius 2 is 1.93 bits per heavy atom. The highest BCUT2D eigenvalue weighted by Gasteiger charge is 2.19. The number of fused-ring (bicyclic) bond motifs is 1. The lowest BCUT2D eigenvalue weighted by Crippen LogP contribution is -2.10. The van der Waals surface area contributed by atoms with Gasteiger partial charge in [0, 0.05) is 22.6 Å². The van der Waals surface area contributed by atoms with Crippen LogP contribution in [0.3, 0.4) is 0 Å². The molecule has 5 heteroatoms. The van der Waals surface area contributed by atoms with Gasteiger partial charge in [-0.2, -0.15) is 0 Å². The van der Waals surface area contributed by atoms with Crippen molar-refractivity contribution in [1.82, 2.24) is 0 Å². The number of anilines is 1. The largest absolute Gasteiger partial charge is 0.493 e. The zero-order valence-electron chi connectivity index (χ0n) is 16.8. The number of benzene rings is 2. The molecule has 0 aliphatic carbocycles. The van der Waals surface area contributed by atoms with E-state index in [0.717, 1.165) is 39.0 Å². The highest BCUT2D eigenvalue weighted by molar-refractivity contribution is 6.05. The van der Waals surface area contributed by atoms with Crippen molar-refractivity contribution < 1.29 is 18.3 Å². The molecule has 2 aromatic carbocycles. The monoisotopic (exact) mass is 381 g/mol. The molecule has 3 aromatic rings. The minimum Gasteiger partial charge on any atom is -0.493 e. The normalized spacial score (nSPS) is 11.7. The third-order valence-electron chi connectivity index (χ3n) is 4.84. The van der Waals surface area contributed by atoms with Gasteiger partial charge in [-0.15, -0.1) is 0 Å². The highest BCUT2D eigenvalue weighted by Crippen LogP contribution is 2.38. The average Bonchev–Trinajstić information content (AvgIpc) is 2.94. The molecule has 0 saturated carbocycles. The van der Waals surface area contributed by atoms with E-state index in [1.54, 1.807) is 12.1 Å². The SMILES string of the molecule is CCOc1c(/C(C)=C/C(=O)Nc2ccccc2F)cc2c(C)c(C)oc2c1C. The van der Waals surface area contributed by atoms with Crippen LogP contribution in [0.25, 0.3) is 16.5 Å². The van der Waals surface area contributed by atoms with Gasteiger partial charge < -0.3 is 14.5 Å². The number of nitrogens with one attached hydrogen (secondary N) is 1. The Morgan fingerprint density at radius 1 is 1.21 bits per heavy atom. The van der Waals surface area contributed by atoms with E-state index in [0.29, 0.717) is 12.4 Å². The van der Waals surface area contributed by atoms with Crippen LogP contribution in [-0.2, 0) is 4.79 Å². The summed E-state index contributed by atoms with van der Waals surface area (Å²) in [6.07, 6.45) is 1.46. The quantitative estimate of drug-likeness (QED) is 0.557. The van der Waals surface area contributed by atoms with Gasteiger partial charge in [-0.05, 0) is 64.0 Å². The summed E-state index contributed by atoms with van der Waals surface area (Å²) in [5, 5.41) is 3.58. The summed E-state index contributed by atoms with van der Waals surface area (Å²) in [7, 11) is 0. The number of aryl methyl sites for hydroxylation is 3. The molecule has 1 aromatic heterocycles. The number of para-hydroxylation sites is 1. The number of allylic oxidation sites excluding steroid dienone is 1. The van der Waals surface area contributed by atoms with Crippen LogP contribution >= 0.6 is 0 Å². The van der Waals surface area contributed by atoms with Gasteiger partial charge in [-0.3, -0.25) is 4.79 Å². The molecule has 0 bridgehead atoms. The van der Waals surface area contributed by atoms with E-state index < -0.39 is 11.7 Å². The van der Waals surface area contributed by atoms with Crippen LogP contribution in [0.5, 0.6) is 5.75 Å². The van der Waals surface area contributed by atoms with Crippen molar-refractivity contribution in [3.63, 3.8) is 0 Å². The van der Waals surface area contributed by atoms with Gasteiger partial charge in [0.25, 0.3) is 0 Å². The van der Waals surface area contributed by atoms with Gasteiger partial charge in [0.15, 0.2) is 0 Å². The first-order valence-corrected chi connectivity index (χ1v) is 9.23. The second-order valence-electron chi connectivity index (χ2n) is 6.77. The molecule has 0 atom stereocenters. The summed E-state index contributed by atoms with van der Waals surface area (Å²) in [6, 6.07) is 8.06. The number of carbonyl (C=O) groups excluding carboxylic acids is 1. The van der Waals surface area contributed by atoms with Gasteiger partial charge in [-0.1, -0.05) is 12.1 Å². The van der Waals surface area contributed by atoms with Crippen molar-refractivity contribution in [2.45, 2.75) is 34.6 Å². The standard InChI is InChI=1S/C23H24FNO3/c1-6-27-22-15(4)23-18(14(3)16(5)28-23)12-17(22)13(2)11-21(26)25-20-10-8-7-9-19(20)24/h7-12H,6H2,1-5H3,(H,25,26)/b13-11+.